The van der Waals surface area contributed by atoms with Gasteiger partial charge in [0, 0.05) is 42.9 Å². The monoisotopic (exact) mass is 465 g/mol. The molecule has 174 valence electrons. The lowest BCUT2D eigenvalue weighted by Crippen LogP contribution is -2.20. The van der Waals surface area contributed by atoms with Gasteiger partial charge in [0.2, 0.25) is 0 Å². The van der Waals surface area contributed by atoms with E-state index in [1.807, 2.05) is 6.07 Å². The lowest BCUT2D eigenvalue weighted by Gasteiger charge is -2.16. The van der Waals surface area contributed by atoms with E-state index in [1.54, 1.807) is 47.4 Å². The van der Waals surface area contributed by atoms with E-state index >= 15 is 0 Å². The normalized spacial score (nSPS) is 14.0. The predicted molar refractivity (Wildman–Crippen MR) is 124 cm³/mol. The fraction of sp³-hybridized carbons (Fsp3) is 0.240. The van der Waals surface area contributed by atoms with Crippen molar-refractivity contribution < 1.29 is 18.0 Å². The zero-order chi connectivity index (χ0) is 23.7. The molecular formula is C25H22F3N5O. The molecular weight excluding hydrogens is 443 g/mol. The Morgan fingerprint density at radius 1 is 1.00 bits per heavy atom. The van der Waals surface area contributed by atoms with Crippen LogP contribution in [-0.4, -0.2) is 33.5 Å². The number of aromatic nitrogens is 3. The topological polar surface area (TPSA) is 63.1 Å². The second-order valence-corrected chi connectivity index (χ2v) is 8.30. The van der Waals surface area contributed by atoms with Crippen molar-refractivity contribution in [3.8, 4) is 0 Å². The summed E-state index contributed by atoms with van der Waals surface area (Å²) in [7, 11) is 0. The minimum Gasteiger partial charge on any atom is -0.357 e. The number of carbonyl (C=O) groups is 1. The molecule has 1 aliphatic heterocycles. The van der Waals surface area contributed by atoms with Crippen molar-refractivity contribution in [3.05, 3.63) is 83.9 Å². The molecule has 0 saturated carbocycles. The molecule has 1 saturated heterocycles. The number of nitrogens with one attached hydrogen (secondary N) is 1. The molecule has 5 rings (SSSR count). The van der Waals surface area contributed by atoms with E-state index in [2.05, 4.69) is 20.2 Å². The summed E-state index contributed by atoms with van der Waals surface area (Å²) >= 11 is 0. The van der Waals surface area contributed by atoms with Gasteiger partial charge in [-0.15, -0.1) is 0 Å². The van der Waals surface area contributed by atoms with Crippen molar-refractivity contribution in [2.24, 2.45) is 0 Å². The van der Waals surface area contributed by atoms with E-state index in [-0.39, 0.29) is 12.2 Å². The Labute approximate surface area is 194 Å². The average molecular weight is 465 g/mol. The fourth-order valence-electron chi connectivity index (χ4n) is 4.25. The van der Waals surface area contributed by atoms with Gasteiger partial charge in [0.15, 0.2) is 0 Å². The smallest absolute Gasteiger partial charge is 0.357 e. The van der Waals surface area contributed by atoms with E-state index in [0.29, 0.717) is 16.6 Å². The standard InChI is InChI=1S/C25H22F3N5O/c26-25(27,28)19-4-3-18-13-22(33(21(18)14-19)16-17-7-9-29-10-8-17)24(34)31-20-5-6-23(30-15-20)32-11-1-2-12-32/h3-10,13-15H,1-2,11-12,16H2,(H,31,34). The van der Waals surface area contributed by atoms with Crippen molar-refractivity contribution in [1.29, 1.82) is 0 Å². The Hall–Kier alpha value is -3.88. The second-order valence-electron chi connectivity index (χ2n) is 8.30. The summed E-state index contributed by atoms with van der Waals surface area (Å²) in [5.74, 6) is 0.441. The summed E-state index contributed by atoms with van der Waals surface area (Å²) in [4.78, 5) is 23.8. The summed E-state index contributed by atoms with van der Waals surface area (Å²) in [6.07, 6.45) is 2.61. The van der Waals surface area contributed by atoms with E-state index < -0.39 is 17.6 Å². The maximum atomic E-state index is 13.4. The number of anilines is 2. The molecule has 0 spiro atoms. The first-order chi connectivity index (χ1) is 16.4. The molecule has 3 aromatic heterocycles. The minimum atomic E-state index is -4.48. The number of alkyl halides is 3. The van der Waals surface area contributed by atoms with Gasteiger partial charge in [0.1, 0.15) is 11.5 Å². The summed E-state index contributed by atoms with van der Waals surface area (Å²) in [5.41, 5.74) is 1.16. The largest absolute Gasteiger partial charge is 0.416 e. The number of hydrogen-bond donors (Lipinski definition) is 1. The maximum Gasteiger partial charge on any atom is 0.416 e. The van der Waals surface area contributed by atoms with E-state index in [1.165, 1.54) is 6.07 Å². The van der Waals surface area contributed by atoms with Crippen molar-refractivity contribution in [2.45, 2.75) is 25.6 Å². The minimum absolute atomic E-state index is 0.224. The van der Waals surface area contributed by atoms with Gasteiger partial charge < -0.3 is 14.8 Å². The first kappa shape index (κ1) is 21.9. The van der Waals surface area contributed by atoms with Crippen molar-refractivity contribution in [3.63, 3.8) is 0 Å². The summed E-state index contributed by atoms with van der Waals surface area (Å²) < 4.78 is 41.7. The van der Waals surface area contributed by atoms with Gasteiger partial charge in [-0.25, -0.2) is 4.98 Å². The van der Waals surface area contributed by atoms with Crippen LogP contribution in [-0.2, 0) is 12.7 Å². The van der Waals surface area contributed by atoms with Crippen molar-refractivity contribution in [2.75, 3.05) is 23.3 Å². The molecule has 0 aliphatic carbocycles. The highest BCUT2D eigenvalue weighted by Crippen LogP contribution is 2.33. The summed E-state index contributed by atoms with van der Waals surface area (Å²) in [6.45, 7) is 2.16. The highest BCUT2D eigenvalue weighted by Gasteiger charge is 2.31. The van der Waals surface area contributed by atoms with Crippen molar-refractivity contribution >= 4 is 28.3 Å². The highest BCUT2D eigenvalue weighted by atomic mass is 19.4. The van der Waals surface area contributed by atoms with Gasteiger partial charge in [0.05, 0.1) is 17.4 Å². The second kappa shape index (κ2) is 8.81. The van der Waals surface area contributed by atoms with Crippen LogP contribution in [0.25, 0.3) is 10.9 Å². The lowest BCUT2D eigenvalue weighted by molar-refractivity contribution is -0.137. The Morgan fingerprint density at radius 3 is 2.44 bits per heavy atom. The molecule has 9 heteroatoms. The van der Waals surface area contributed by atoms with E-state index in [4.69, 9.17) is 0 Å². The quantitative estimate of drug-likeness (QED) is 0.432. The highest BCUT2D eigenvalue weighted by molar-refractivity contribution is 6.06. The molecule has 0 atom stereocenters. The number of carbonyl (C=O) groups excluding carboxylic acids is 1. The van der Waals surface area contributed by atoms with Gasteiger partial charge in [-0.05, 0) is 60.9 Å². The molecule has 4 aromatic rings. The molecule has 1 amide bonds. The van der Waals surface area contributed by atoms with Crippen LogP contribution in [0.3, 0.4) is 0 Å². The molecule has 1 aliphatic rings. The number of nitrogens with zero attached hydrogens (tertiary/aromatic N) is 4. The molecule has 0 radical (unpaired) electrons. The SMILES string of the molecule is O=C(Nc1ccc(N2CCCC2)nc1)c1cc2ccc(C(F)(F)F)cc2n1Cc1ccncc1. The number of amides is 1. The zero-order valence-electron chi connectivity index (χ0n) is 18.2. The van der Waals surface area contributed by atoms with Crippen LogP contribution >= 0.6 is 0 Å². The van der Waals surface area contributed by atoms with Crippen LogP contribution < -0.4 is 10.2 Å². The Kier molecular flexibility index (Phi) is 5.69. The number of benzene rings is 1. The average Bonchev–Trinajstić information content (AvgIpc) is 3.48. The molecule has 0 unspecified atom stereocenters. The lowest BCUT2D eigenvalue weighted by atomic mass is 10.1. The molecule has 1 aromatic carbocycles. The van der Waals surface area contributed by atoms with Crippen LogP contribution in [0.5, 0.6) is 0 Å². The van der Waals surface area contributed by atoms with Crippen LogP contribution in [0.4, 0.5) is 24.7 Å². The van der Waals surface area contributed by atoms with E-state index in [0.717, 1.165) is 49.4 Å². The predicted octanol–water partition coefficient (Wildman–Crippen LogP) is 5.35. The maximum absolute atomic E-state index is 13.4. The molecule has 6 nitrogen and oxygen atoms in total. The van der Waals surface area contributed by atoms with Crippen LogP contribution in [0.2, 0.25) is 0 Å². The number of hydrogen-bond acceptors (Lipinski definition) is 4. The van der Waals surface area contributed by atoms with Crippen LogP contribution in [0.15, 0.2) is 67.1 Å². The summed E-state index contributed by atoms with van der Waals surface area (Å²) in [6, 6.07) is 12.3. The molecule has 34 heavy (non-hydrogen) atoms. The van der Waals surface area contributed by atoms with Gasteiger partial charge in [-0.1, -0.05) is 6.07 Å². The zero-order valence-corrected chi connectivity index (χ0v) is 18.2. The Bertz CT molecular complexity index is 1310. The van der Waals surface area contributed by atoms with Gasteiger partial charge in [-0.3, -0.25) is 9.78 Å². The first-order valence-corrected chi connectivity index (χ1v) is 11.0. The third kappa shape index (κ3) is 4.46. The van der Waals surface area contributed by atoms with Crippen LogP contribution in [0, 0.1) is 0 Å². The molecule has 1 N–H and O–H groups in total. The fourth-order valence-corrected chi connectivity index (χ4v) is 4.25. The van der Waals surface area contributed by atoms with Gasteiger partial charge >= 0.3 is 6.18 Å². The summed E-state index contributed by atoms with van der Waals surface area (Å²) in [5, 5.41) is 3.38. The number of rotatable bonds is 5. The third-order valence-corrected chi connectivity index (χ3v) is 5.99. The first-order valence-electron chi connectivity index (χ1n) is 11.0. The van der Waals surface area contributed by atoms with E-state index in [9.17, 15) is 18.0 Å². The molecule has 4 heterocycles. The Morgan fingerprint density at radius 2 is 1.76 bits per heavy atom. The molecule has 0 bridgehead atoms. The van der Waals surface area contributed by atoms with Crippen molar-refractivity contribution in [1.82, 2.24) is 14.5 Å². The number of fused-ring (bicyclic) bond motifs is 1. The van der Waals surface area contributed by atoms with Crippen LogP contribution in [0.1, 0.15) is 34.5 Å². The third-order valence-electron chi connectivity index (χ3n) is 5.99. The number of pyridine rings is 2. The van der Waals surface area contributed by atoms with Gasteiger partial charge in [0.25, 0.3) is 5.91 Å². The molecule has 1 fully saturated rings. The Balaban J connectivity index is 1.48. The number of halogens is 3. The van der Waals surface area contributed by atoms with Gasteiger partial charge in [-0.2, -0.15) is 13.2 Å².